The highest BCUT2D eigenvalue weighted by molar-refractivity contribution is 5.95. The van der Waals surface area contributed by atoms with Crippen LogP contribution in [0.5, 0.6) is 0 Å². The molecular weight excluding hydrogens is 210 g/mol. The van der Waals surface area contributed by atoms with Gasteiger partial charge >= 0.3 is 0 Å². The molecule has 0 aliphatic rings. The number of hydrogen-bond acceptors (Lipinski definition) is 1. The molecule has 86 valence electrons. The lowest BCUT2D eigenvalue weighted by Crippen LogP contribution is -1.96. The summed E-state index contributed by atoms with van der Waals surface area (Å²) in [5.74, 6) is 1.04. The van der Waals surface area contributed by atoms with Gasteiger partial charge in [0.2, 0.25) is 0 Å². The van der Waals surface area contributed by atoms with E-state index in [1.165, 1.54) is 22.2 Å². The predicted octanol–water partition coefficient (Wildman–Crippen LogP) is 3.36. The Morgan fingerprint density at radius 2 is 2.12 bits per heavy atom. The van der Waals surface area contributed by atoms with Crippen LogP contribution >= 0.6 is 0 Å². The fourth-order valence-corrected chi connectivity index (χ4v) is 2.36. The van der Waals surface area contributed by atoms with E-state index in [-0.39, 0.29) is 0 Å². The first-order valence-electron chi connectivity index (χ1n) is 5.90. The zero-order chi connectivity index (χ0) is 11.8. The molecule has 3 aromatic rings. The molecule has 3 rings (SSSR count). The molecule has 0 bridgehead atoms. The molecule has 17 heavy (non-hydrogen) atoms. The van der Waals surface area contributed by atoms with Crippen molar-refractivity contribution in [3.63, 3.8) is 0 Å². The number of aromatic nitrogens is 3. The molecule has 0 fully saturated rings. The molecule has 0 saturated carbocycles. The highest BCUT2D eigenvalue weighted by Crippen LogP contribution is 2.30. The van der Waals surface area contributed by atoms with Crippen LogP contribution in [0.4, 0.5) is 0 Å². The van der Waals surface area contributed by atoms with Gasteiger partial charge < -0.3 is 9.55 Å². The van der Waals surface area contributed by atoms with E-state index < -0.39 is 0 Å². The molecule has 0 aliphatic carbocycles. The second-order valence-corrected chi connectivity index (χ2v) is 4.21. The molecule has 1 aromatic carbocycles. The quantitative estimate of drug-likeness (QED) is 0.712. The van der Waals surface area contributed by atoms with Gasteiger partial charge in [-0.2, -0.15) is 0 Å². The molecule has 0 radical (unpaired) electrons. The van der Waals surface area contributed by atoms with Crippen LogP contribution < -0.4 is 0 Å². The van der Waals surface area contributed by atoms with Gasteiger partial charge in [-0.15, -0.1) is 0 Å². The summed E-state index contributed by atoms with van der Waals surface area (Å²) in [6, 6.07) is 8.36. The number of benzene rings is 1. The maximum atomic E-state index is 4.48. The smallest absolute Gasteiger partial charge is 0.142 e. The maximum Gasteiger partial charge on any atom is 0.142 e. The maximum absolute atomic E-state index is 4.48. The number of fused-ring (bicyclic) bond motifs is 1. The number of aryl methyl sites for hydroxylation is 2. The molecule has 1 N–H and O–H groups in total. The highest BCUT2D eigenvalue weighted by Gasteiger charge is 2.13. The molecule has 0 amide bonds. The van der Waals surface area contributed by atoms with Gasteiger partial charge in [-0.3, -0.25) is 0 Å². The van der Waals surface area contributed by atoms with Gasteiger partial charge in [-0.05, 0) is 19.9 Å². The van der Waals surface area contributed by atoms with Crippen molar-refractivity contribution in [3.05, 3.63) is 42.4 Å². The van der Waals surface area contributed by atoms with Gasteiger partial charge in [0.15, 0.2) is 0 Å². The van der Waals surface area contributed by atoms with Gasteiger partial charge in [0.25, 0.3) is 0 Å². The second-order valence-electron chi connectivity index (χ2n) is 4.21. The number of aromatic amines is 1. The second kappa shape index (κ2) is 3.77. The van der Waals surface area contributed by atoms with Crippen molar-refractivity contribution in [1.82, 2.24) is 14.5 Å². The largest absolute Gasteiger partial charge is 0.358 e. The Balaban J connectivity index is 2.33. The lowest BCUT2D eigenvalue weighted by Gasteiger charge is -2.04. The average Bonchev–Trinajstić information content (AvgIpc) is 2.90. The van der Waals surface area contributed by atoms with E-state index in [1.54, 1.807) is 0 Å². The van der Waals surface area contributed by atoms with Crippen LogP contribution in [0, 0.1) is 6.92 Å². The topological polar surface area (TPSA) is 33.6 Å². The third-order valence-electron chi connectivity index (χ3n) is 3.17. The highest BCUT2D eigenvalue weighted by atomic mass is 15.1. The van der Waals surface area contributed by atoms with E-state index >= 15 is 0 Å². The number of hydrogen-bond donors (Lipinski definition) is 1. The summed E-state index contributed by atoms with van der Waals surface area (Å²) < 4.78 is 2.17. The number of para-hydroxylation sites is 1. The van der Waals surface area contributed by atoms with Gasteiger partial charge in [-0.1, -0.05) is 18.2 Å². The fourth-order valence-electron chi connectivity index (χ4n) is 2.36. The van der Waals surface area contributed by atoms with Crippen LogP contribution in [-0.4, -0.2) is 14.5 Å². The molecule has 0 unspecified atom stereocenters. The van der Waals surface area contributed by atoms with Crippen LogP contribution in [0.2, 0.25) is 0 Å². The summed E-state index contributed by atoms with van der Waals surface area (Å²) in [5, 5.41) is 1.24. The Bertz CT molecular complexity index is 661. The average molecular weight is 225 g/mol. The molecule has 0 aliphatic heterocycles. The van der Waals surface area contributed by atoms with Gasteiger partial charge in [-0.25, -0.2) is 4.98 Å². The zero-order valence-electron chi connectivity index (χ0n) is 10.1. The van der Waals surface area contributed by atoms with Crippen LogP contribution in [0.15, 0.2) is 36.7 Å². The molecule has 3 heteroatoms. The molecule has 3 nitrogen and oxygen atoms in total. The van der Waals surface area contributed by atoms with Crippen molar-refractivity contribution in [2.75, 3.05) is 0 Å². The molecule has 2 aromatic heterocycles. The van der Waals surface area contributed by atoms with Crippen LogP contribution in [0.1, 0.15) is 12.6 Å². The monoisotopic (exact) mass is 225 g/mol. The first-order chi connectivity index (χ1) is 8.31. The minimum atomic E-state index is 0.939. The van der Waals surface area contributed by atoms with Crippen molar-refractivity contribution in [2.24, 2.45) is 0 Å². The Morgan fingerprint density at radius 3 is 2.94 bits per heavy atom. The van der Waals surface area contributed by atoms with Crippen molar-refractivity contribution in [3.8, 4) is 11.4 Å². The molecular formula is C14H15N3. The van der Waals surface area contributed by atoms with Crippen molar-refractivity contribution in [2.45, 2.75) is 20.4 Å². The van der Waals surface area contributed by atoms with Gasteiger partial charge in [0.05, 0.1) is 0 Å². The third-order valence-corrected chi connectivity index (χ3v) is 3.17. The van der Waals surface area contributed by atoms with Crippen LogP contribution in [0.3, 0.4) is 0 Å². The minimum absolute atomic E-state index is 0.939. The summed E-state index contributed by atoms with van der Waals surface area (Å²) in [6.45, 7) is 5.17. The normalized spacial score (nSPS) is 11.2. The molecule has 0 spiro atoms. The Morgan fingerprint density at radius 1 is 1.29 bits per heavy atom. The van der Waals surface area contributed by atoms with Crippen molar-refractivity contribution < 1.29 is 0 Å². The minimum Gasteiger partial charge on any atom is -0.358 e. The standard InChI is InChI=1S/C14H15N3/c1-3-17-9-8-15-14(17)13-10(2)16-12-7-5-4-6-11(12)13/h4-9,16H,3H2,1-2H3. The fraction of sp³-hybridized carbons (Fsp3) is 0.214. The number of nitrogens with zero attached hydrogens (tertiary/aromatic N) is 2. The van der Waals surface area contributed by atoms with Crippen molar-refractivity contribution >= 4 is 10.9 Å². The Kier molecular flexibility index (Phi) is 2.25. The van der Waals surface area contributed by atoms with Crippen LogP contribution in [0.25, 0.3) is 22.3 Å². The number of nitrogens with one attached hydrogen (secondary N) is 1. The first kappa shape index (κ1) is 10.1. The van der Waals surface area contributed by atoms with Crippen LogP contribution in [-0.2, 0) is 6.54 Å². The summed E-state index contributed by atoms with van der Waals surface area (Å²) in [4.78, 5) is 7.90. The van der Waals surface area contributed by atoms with E-state index in [2.05, 4.69) is 46.6 Å². The van der Waals surface area contributed by atoms with E-state index in [1.807, 2.05) is 18.5 Å². The predicted molar refractivity (Wildman–Crippen MR) is 69.9 cm³/mol. The SMILES string of the molecule is CCn1ccnc1-c1c(C)[nH]c2ccccc12. The molecule has 0 atom stereocenters. The van der Waals surface area contributed by atoms with E-state index in [0.717, 1.165) is 12.4 Å². The lowest BCUT2D eigenvalue weighted by molar-refractivity contribution is 0.771. The van der Waals surface area contributed by atoms with Gasteiger partial charge in [0, 0.05) is 41.1 Å². The summed E-state index contributed by atoms with van der Waals surface area (Å²) in [7, 11) is 0. The molecule has 0 saturated heterocycles. The summed E-state index contributed by atoms with van der Waals surface area (Å²) in [5.41, 5.74) is 3.56. The lowest BCUT2D eigenvalue weighted by atomic mass is 10.1. The van der Waals surface area contributed by atoms with E-state index in [9.17, 15) is 0 Å². The van der Waals surface area contributed by atoms with Gasteiger partial charge in [0.1, 0.15) is 5.82 Å². The molecule has 2 heterocycles. The zero-order valence-corrected chi connectivity index (χ0v) is 10.1. The first-order valence-corrected chi connectivity index (χ1v) is 5.90. The number of H-pyrrole nitrogens is 1. The number of rotatable bonds is 2. The summed E-state index contributed by atoms with van der Waals surface area (Å²) in [6.07, 6.45) is 3.89. The van der Waals surface area contributed by atoms with E-state index in [4.69, 9.17) is 0 Å². The number of imidazole rings is 1. The Labute approximate surface area is 100 Å². The van der Waals surface area contributed by atoms with Crippen molar-refractivity contribution in [1.29, 1.82) is 0 Å². The summed E-state index contributed by atoms with van der Waals surface area (Å²) >= 11 is 0. The third kappa shape index (κ3) is 1.46. The van der Waals surface area contributed by atoms with E-state index in [0.29, 0.717) is 0 Å². The Hall–Kier alpha value is -2.03.